The highest BCUT2D eigenvalue weighted by Gasteiger charge is 2.28. The number of methoxy groups -OCH3 is 1. The molecule has 0 aliphatic rings. The van der Waals surface area contributed by atoms with E-state index in [2.05, 4.69) is 44.9 Å². The highest BCUT2D eigenvalue weighted by molar-refractivity contribution is 5.27. The van der Waals surface area contributed by atoms with Crippen LogP contribution in [0.4, 0.5) is 0 Å². The third-order valence-electron chi connectivity index (χ3n) is 4.18. The highest BCUT2D eigenvalue weighted by atomic mass is 16.5. The van der Waals surface area contributed by atoms with Gasteiger partial charge in [-0.2, -0.15) is 0 Å². The molecule has 0 fully saturated rings. The number of hydrogen-bond acceptors (Lipinski definition) is 3. The fraction of sp³-hybridized carbons (Fsp3) is 0.625. The second kappa shape index (κ2) is 6.92. The maximum Gasteiger partial charge on any atom is 0.118 e. The molecule has 0 heterocycles. The predicted molar refractivity (Wildman–Crippen MR) is 81.7 cm³/mol. The van der Waals surface area contributed by atoms with E-state index in [0.717, 1.165) is 18.6 Å². The quantitative estimate of drug-likeness (QED) is 0.823. The molecule has 0 spiro atoms. The smallest absolute Gasteiger partial charge is 0.118 e. The van der Waals surface area contributed by atoms with E-state index in [4.69, 9.17) is 10.5 Å². The van der Waals surface area contributed by atoms with Crippen molar-refractivity contribution in [2.75, 3.05) is 20.7 Å². The van der Waals surface area contributed by atoms with Crippen LogP contribution in [-0.2, 0) is 6.42 Å². The minimum atomic E-state index is 0.0497. The molecule has 19 heavy (non-hydrogen) atoms. The van der Waals surface area contributed by atoms with Crippen LogP contribution in [0.15, 0.2) is 24.3 Å². The van der Waals surface area contributed by atoms with Crippen molar-refractivity contribution in [3.05, 3.63) is 29.8 Å². The maximum absolute atomic E-state index is 5.99. The second-order valence-corrected chi connectivity index (χ2v) is 5.75. The molecule has 3 nitrogen and oxygen atoms in total. The van der Waals surface area contributed by atoms with Gasteiger partial charge >= 0.3 is 0 Å². The van der Waals surface area contributed by atoms with E-state index in [1.807, 2.05) is 12.1 Å². The standard InChI is InChI=1S/C16H28N2O/c1-13(2)18(4)16(3,12-17)11-10-14-6-8-15(19-5)9-7-14/h6-9,13H,10-12,17H2,1-5H3. The summed E-state index contributed by atoms with van der Waals surface area (Å²) in [5.41, 5.74) is 7.37. The van der Waals surface area contributed by atoms with E-state index in [0.29, 0.717) is 12.6 Å². The van der Waals surface area contributed by atoms with Crippen LogP contribution in [-0.4, -0.2) is 37.2 Å². The minimum absolute atomic E-state index is 0.0497. The summed E-state index contributed by atoms with van der Waals surface area (Å²) in [6.45, 7) is 7.34. The molecule has 108 valence electrons. The van der Waals surface area contributed by atoms with Gasteiger partial charge in [0, 0.05) is 18.1 Å². The number of rotatable bonds is 7. The predicted octanol–water partition coefficient (Wildman–Crippen LogP) is 2.69. The van der Waals surface area contributed by atoms with Crippen LogP contribution in [0, 0.1) is 0 Å². The fourth-order valence-corrected chi connectivity index (χ4v) is 2.25. The summed E-state index contributed by atoms with van der Waals surface area (Å²) < 4.78 is 5.18. The Bertz CT molecular complexity index is 375. The molecule has 0 saturated heterocycles. The Morgan fingerprint density at radius 1 is 1.26 bits per heavy atom. The van der Waals surface area contributed by atoms with Crippen LogP contribution in [0.2, 0.25) is 0 Å². The topological polar surface area (TPSA) is 38.5 Å². The van der Waals surface area contributed by atoms with Crippen molar-refractivity contribution >= 4 is 0 Å². The molecule has 1 aromatic rings. The van der Waals surface area contributed by atoms with Crippen molar-refractivity contribution in [3.63, 3.8) is 0 Å². The van der Waals surface area contributed by atoms with E-state index in [1.54, 1.807) is 7.11 Å². The van der Waals surface area contributed by atoms with Crippen LogP contribution < -0.4 is 10.5 Å². The van der Waals surface area contributed by atoms with Gasteiger partial charge in [0.1, 0.15) is 5.75 Å². The first-order valence-corrected chi connectivity index (χ1v) is 6.99. The lowest BCUT2D eigenvalue weighted by atomic mass is 9.90. The monoisotopic (exact) mass is 264 g/mol. The van der Waals surface area contributed by atoms with Gasteiger partial charge in [0.05, 0.1) is 7.11 Å². The van der Waals surface area contributed by atoms with Gasteiger partial charge in [0.15, 0.2) is 0 Å². The third-order valence-corrected chi connectivity index (χ3v) is 4.18. The second-order valence-electron chi connectivity index (χ2n) is 5.75. The molecule has 0 aromatic heterocycles. The molecule has 1 unspecified atom stereocenters. The van der Waals surface area contributed by atoms with Crippen molar-refractivity contribution in [3.8, 4) is 5.75 Å². The lowest BCUT2D eigenvalue weighted by Gasteiger charge is -2.41. The van der Waals surface area contributed by atoms with E-state index >= 15 is 0 Å². The average molecular weight is 264 g/mol. The molecule has 0 radical (unpaired) electrons. The van der Waals surface area contributed by atoms with Crippen molar-refractivity contribution in [2.24, 2.45) is 5.73 Å². The summed E-state index contributed by atoms with van der Waals surface area (Å²) in [5, 5.41) is 0. The van der Waals surface area contributed by atoms with Crippen molar-refractivity contribution in [2.45, 2.75) is 45.2 Å². The molecule has 0 amide bonds. The number of ether oxygens (including phenoxy) is 1. The maximum atomic E-state index is 5.99. The summed E-state index contributed by atoms with van der Waals surface area (Å²) in [6, 6.07) is 8.79. The number of nitrogens with zero attached hydrogens (tertiary/aromatic N) is 1. The Hall–Kier alpha value is -1.06. The van der Waals surface area contributed by atoms with E-state index in [9.17, 15) is 0 Å². The van der Waals surface area contributed by atoms with Gasteiger partial charge in [0.25, 0.3) is 0 Å². The molecule has 0 aliphatic carbocycles. The number of hydrogen-bond donors (Lipinski definition) is 1. The summed E-state index contributed by atoms with van der Waals surface area (Å²) in [5.74, 6) is 0.907. The van der Waals surface area contributed by atoms with Gasteiger partial charge in [-0.05, 0) is 58.4 Å². The summed E-state index contributed by atoms with van der Waals surface area (Å²) in [6.07, 6.45) is 2.10. The first-order valence-electron chi connectivity index (χ1n) is 6.99. The molecular formula is C16H28N2O. The summed E-state index contributed by atoms with van der Waals surface area (Å²) in [4.78, 5) is 2.37. The first kappa shape index (κ1) is 16.0. The van der Waals surface area contributed by atoms with Gasteiger partial charge in [-0.25, -0.2) is 0 Å². The highest BCUT2D eigenvalue weighted by Crippen LogP contribution is 2.22. The third kappa shape index (κ3) is 4.22. The Morgan fingerprint density at radius 3 is 2.26 bits per heavy atom. The van der Waals surface area contributed by atoms with Crippen LogP contribution in [0.25, 0.3) is 0 Å². The van der Waals surface area contributed by atoms with Crippen LogP contribution in [0.1, 0.15) is 32.8 Å². The summed E-state index contributed by atoms with van der Waals surface area (Å²) in [7, 11) is 3.85. The SMILES string of the molecule is COc1ccc(CCC(C)(CN)N(C)C(C)C)cc1. The number of nitrogens with two attached hydrogens (primary N) is 1. The van der Waals surface area contributed by atoms with Crippen LogP contribution >= 0.6 is 0 Å². The zero-order chi connectivity index (χ0) is 14.5. The molecule has 1 aromatic carbocycles. The lowest BCUT2D eigenvalue weighted by Crippen LogP contribution is -2.52. The molecular weight excluding hydrogens is 236 g/mol. The van der Waals surface area contributed by atoms with Gasteiger partial charge in [0.2, 0.25) is 0 Å². The first-order chi connectivity index (χ1) is 8.92. The van der Waals surface area contributed by atoms with Gasteiger partial charge in [-0.3, -0.25) is 4.90 Å². The Labute approximate surface area is 117 Å². The number of likely N-dealkylation sites (N-methyl/N-ethyl adjacent to an activating group) is 1. The van der Waals surface area contributed by atoms with Crippen LogP contribution in [0.5, 0.6) is 5.75 Å². The molecule has 1 rings (SSSR count). The average Bonchev–Trinajstić information content (AvgIpc) is 2.44. The Morgan fingerprint density at radius 2 is 1.84 bits per heavy atom. The van der Waals surface area contributed by atoms with E-state index in [1.165, 1.54) is 5.56 Å². The molecule has 1 atom stereocenters. The van der Waals surface area contributed by atoms with Gasteiger partial charge < -0.3 is 10.5 Å². The van der Waals surface area contributed by atoms with Crippen molar-refractivity contribution in [1.29, 1.82) is 0 Å². The zero-order valence-corrected chi connectivity index (χ0v) is 12.9. The number of benzene rings is 1. The Kier molecular flexibility index (Phi) is 5.83. The molecule has 3 heteroatoms. The molecule has 0 bridgehead atoms. The van der Waals surface area contributed by atoms with Crippen molar-refractivity contribution < 1.29 is 4.74 Å². The van der Waals surface area contributed by atoms with E-state index < -0.39 is 0 Å². The minimum Gasteiger partial charge on any atom is -0.497 e. The lowest BCUT2D eigenvalue weighted by molar-refractivity contribution is 0.100. The van der Waals surface area contributed by atoms with Gasteiger partial charge in [-0.1, -0.05) is 12.1 Å². The normalized spacial score (nSPS) is 14.7. The number of aryl methyl sites for hydroxylation is 1. The largest absolute Gasteiger partial charge is 0.497 e. The van der Waals surface area contributed by atoms with Crippen molar-refractivity contribution in [1.82, 2.24) is 4.90 Å². The van der Waals surface area contributed by atoms with Crippen LogP contribution in [0.3, 0.4) is 0 Å². The Balaban J connectivity index is 2.66. The fourth-order valence-electron chi connectivity index (χ4n) is 2.25. The molecule has 2 N–H and O–H groups in total. The molecule has 0 aliphatic heterocycles. The zero-order valence-electron chi connectivity index (χ0n) is 12.9. The van der Waals surface area contributed by atoms with Gasteiger partial charge in [-0.15, -0.1) is 0 Å². The summed E-state index contributed by atoms with van der Waals surface area (Å²) >= 11 is 0. The van der Waals surface area contributed by atoms with E-state index in [-0.39, 0.29) is 5.54 Å². The molecule has 0 saturated carbocycles.